The Balaban J connectivity index is 1.66. The van der Waals surface area contributed by atoms with Crippen molar-refractivity contribution in [2.45, 2.75) is 18.2 Å². The van der Waals surface area contributed by atoms with Gasteiger partial charge in [0.15, 0.2) is 0 Å². The van der Waals surface area contributed by atoms with Crippen LogP contribution in [0.4, 0.5) is 0 Å². The molecule has 9 heteroatoms. The minimum Gasteiger partial charge on any atom is -0.255 e. The van der Waals surface area contributed by atoms with Crippen molar-refractivity contribution in [2.75, 3.05) is 6.54 Å². The molecule has 0 atom stereocenters. The van der Waals surface area contributed by atoms with Crippen molar-refractivity contribution in [1.82, 2.24) is 24.3 Å². The number of para-hydroxylation sites is 1. The number of aryl methyl sites for hydroxylation is 2. The molecule has 0 bridgehead atoms. The molecule has 2 heterocycles. The summed E-state index contributed by atoms with van der Waals surface area (Å²) in [5, 5.41) is 8.58. The molecule has 7 nitrogen and oxygen atoms in total. The van der Waals surface area contributed by atoms with Crippen LogP contribution < -0.4 is 4.72 Å². The van der Waals surface area contributed by atoms with Gasteiger partial charge in [-0.05, 0) is 25.1 Å². The molecule has 25 heavy (non-hydrogen) atoms. The van der Waals surface area contributed by atoms with Gasteiger partial charge in [-0.3, -0.25) is 4.68 Å². The van der Waals surface area contributed by atoms with Gasteiger partial charge in [0, 0.05) is 26.2 Å². The van der Waals surface area contributed by atoms with E-state index < -0.39 is 10.0 Å². The van der Waals surface area contributed by atoms with Gasteiger partial charge in [0.2, 0.25) is 10.0 Å². The number of halogens is 1. The van der Waals surface area contributed by atoms with E-state index in [0.717, 1.165) is 11.4 Å². The van der Waals surface area contributed by atoms with Gasteiger partial charge < -0.3 is 0 Å². The zero-order valence-electron chi connectivity index (χ0n) is 13.8. The zero-order valence-corrected chi connectivity index (χ0v) is 15.4. The van der Waals surface area contributed by atoms with Gasteiger partial charge in [-0.25, -0.2) is 17.8 Å². The molecule has 0 saturated carbocycles. The third kappa shape index (κ3) is 3.76. The van der Waals surface area contributed by atoms with Gasteiger partial charge in [-0.15, -0.1) is 0 Å². The maximum absolute atomic E-state index is 12.4. The van der Waals surface area contributed by atoms with Crippen molar-refractivity contribution < 1.29 is 8.42 Å². The SMILES string of the molecule is Cc1nn(C)c(Cl)c1S(=O)(=O)NCCc1ccn(-c2ccccc2)n1. The molecule has 0 spiro atoms. The van der Waals surface area contributed by atoms with Crippen LogP contribution >= 0.6 is 11.6 Å². The molecule has 132 valence electrons. The smallest absolute Gasteiger partial charge is 0.245 e. The van der Waals surface area contributed by atoms with Crippen LogP contribution in [0.2, 0.25) is 5.15 Å². The summed E-state index contributed by atoms with van der Waals surface area (Å²) in [4.78, 5) is 0.0199. The lowest BCUT2D eigenvalue weighted by molar-refractivity contribution is 0.580. The number of sulfonamides is 1. The number of hydrogen-bond acceptors (Lipinski definition) is 4. The lowest BCUT2D eigenvalue weighted by Gasteiger charge is -2.05. The van der Waals surface area contributed by atoms with Crippen molar-refractivity contribution in [3.63, 3.8) is 0 Å². The molecule has 0 saturated heterocycles. The summed E-state index contributed by atoms with van der Waals surface area (Å²) >= 11 is 6.03. The summed E-state index contributed by atoms with van der Waals surface area (Å²) in [7, 11) is -2.11. The monoisotopic (exact) mass is 379 g/mol. The fraction of sp³-hybridized carbons (Fsp3) is 0.250. The zero-order chi connectivity index (χ0) is 18.0. The topological polar surface area (TPSA) is 81.8 Å². The van der Waals surface area contributed by atoms with Crippen LogP contribution in [0.25, 0.3) is 5.69 Å². The summed E-state index contributed by atoms with van der Waals surface area (Å²) in [6.07, 6.45) is 2.32. The first kappa shape index (κ1) is 17.7. The second kappa shape index (κ2) is 6.99. The predicted molar refractivity (Wildman–Crippen MR) is 95.4 cm³/mol. The normalized spacial score (nSPS) is 11.8. The summed E-state index contributed by atoms with van der Waals surface area (Å²) in [5.41, 5.74) is 2.11. The van der Waals surface area contributed by atoms with Crippen molar-refractivity contribution in [2.24, 2.45) is 7.05 Å². The first-order chi connectivity index (χ1) is 11.9. The molecule has 3 rings (SSSR count). The van der Waals surface area contributed by atoms with Crippen molar-refractivity contribution in [1.29, 1.82) is 0 Å². The van der Waals surface area contributed by atoms with Gasteiger partial charge in [0.25, 0.3) is 0 Å². The molecule has 0 radical (unpaired) electrons. The van der Waals surface area contributed by atoms with Gasteiger partial charge in [0.1, 0.15) is 10.0 Å². The lowest BCUT2D eigenvalue weighted by atomic mass is 10.3. The number of benzene rings is 1. The summed E-state index contributed by atoms with van der Waals surface area (Å²) < 4.78 is 30.5. The van der Waals surface area contributed by atoms with Crippen molar-refractivity contribution >= 4 is 21.6 Å². The number of nitrogens with zero attached hydrogens (tertiary/aromatic N) is 4. The van der Waals surface area contributed by atoms with E-state index in [1.807, 2.05) is 42.6 Å². The third-order valence-corrected chi connectivity index (χ3v) is 5.86. The standard InChI is InChI=1S/C16H18ClN5O2S/c1-12-15(16(17)21(2)19-12)25(23,24)18-10-8-13-9-11-22(20-13)14-6-4-3-5-7-14/h3-7,9,11,18H,8,10H2,1-2H3. The molecular weight excluding hydrogens is 362 g/mol. The van der Waals surface area contributed by atoms with E-state index in [4.69, 9.17) is 11.6 Å². The predicted octanol–water partition coefficient (Wildman–Crippen LogP) is 2.09. The molecule has 0 aliphatic rings. The van der Waals surface area contributed by atoms with Gasteiger partial charge in [-0.1, -0.05) is 29.8 Å². The Morgan fingerprint density at radius 1 is 1.16 bits per heavy atom. The van der Waals surface area contributed by atoms with E-state index in [9.17, 15) is 8.42 Å². The number of rotatable bonds is 6. The number of nitrogens with one attached hydrogen (secondary N) is 1. The Labute approximate surface area is 151 Å². The Morgan fingerprint density at radius 2 is 1.88 bits per heavy atom. The molecule has 1 aromatic carbocycles. The van der Waals surface area contributed by atoms with Crippen LogP contribution in [0.5, 0.6) is 0 Å². The van der Waals surface area contributed by atoms with Gasteiger partial charge in [0.05, 0.1) is 17.1 Å². The van der Waals surface area contributed by atoms with E-state index in [1.54, 1.807) is 18.7 Å². The summed E-state index contributed by atoms with van der Waals surface area (Å²) in [6, 6.07) is 11.6. The minimum atomic E-state index is -3.72. The van der Waals surface area contributed by atoms with E-state index in [0.29, 0.717) is 12.1 Å². The molecule has 0 fully saturated rings. The Bertz CT molecular complexity index is 979. The highest BCUT2D eigenvalue weighted by atomic mass is 35.5. The Kier molecular flexibility index (Phi) is 4.94. The van der Waals surface area contributed by atoms with Crippen molar-refractivity contribution in [3.8, 4) is 5.69 Å². The molecule has 1 N–H and O–H groups in total. The van der Waals surface area contributed by atoms with E-state index >= 15 is 0 Å². The number of hydrogen-bond donors (Lipinski definition) is 1. The molecule has 0 aliphatic carbocycles. The molecule has 0 amide bonds. The fourth-order valence-corrected chi connectivity index (χ4v) is 4.30. The maximum atomic E-state index is 12.4. The number of aromatic nitrogens is 4. The Morgan fingerprint density at radius 3 is 2.52 bits per heavy atom. The quantitative estimate of drug-likeness (QED) is 0.711. The fourth-order valence-electron chi connectivity index (χ4n) is 2.52. The largest absolute Gasteiger partial charge is 0.255 e. The first-order valence-corrected chi connectivity index (χ1v) is 9.53. The van der Waals surface area contributed by atoms with Gasteiger partial charge >= 0.3 is 0 Å². The van der Waals surface area contributed by atoms with Crippen molar-refractivity contribution in [3.05, 3.63) is 59.1 Å². The van der Waals surface area contributed by atoms with Crippen LogP contribution in [0.3, 0.4) is 0 Å². The van der Waals surface area contributed by atoms with Crippen LogP contribution in [0, 0.1) is 6.92 Å². The van der Waals surface area contributed by atoms with Gasteiger partial charge in [-0.2, -0.15) is 10.2 Å². The molecule has 0 unspecified atom stereocenters. The minimum absolute atomic E-state index is 0.0199. The molecule has 3 aromatic rings. The van der Waals surface area contributed by atoms with Crippen LogP contribution in [0.15, 0.2) is 47.5 Å². The second-order valence-electron chi connectivity index (χ2n) is 5.56. The molecular formula is C16H18ClN5O2S. The molecule has 2 aromatic heterocycles. The average Bonchev–Trinajstić information content (AvgIpc) is 3.13. The third-order valence-electron chi connectivity index (χ3n) is 3.71. The lowest BCUT2D eigenvalue weighted by Crippen LogP contribution is -2.26. The van der Waals surface area contributed by atoms with E-state index in [1.165, 1.54) is 4.68 Å². The average molecular weight is 380 g/mol. The van der Waals surface area contributed by atoms with Crippen LogP contribution in [0.1, 0.15) is 11.4 Å². The summed E-state index contributed by atoms with van der Waals surface area (Å²) in [6.45, 7) is 1.83. The summed E-state index contributed by atoms with van der Waals surface area (Å²) in [5.74, 6) is 0. The Hall–Kier alpha value is -2.16. The highest BCUT2D eigenvalue weighted by Gasteiger charge is 2.24. The first-order valence-electron chi connectivity index (χ1n) is 7.67. The highest BCUT2D eigenvalue weighted by molar-refractivity contribution is 7.89. The second-order valence-corrected chi connectivity index (χ2v) is 7.63. The van der Waals surface area contributed by atoms with E-state index in [-0.39, 0.29) is 16.6 Å². The van der Waals surface area contributed by atoms with E-state index in [2.05, 4.69) is 14.9 Å². The van der Waals surface area contributed by atoms with Crippen LogP contribution in [-0.2, 0) is 23.5 Å². The molecule has 0 aliphatic heterocycles. The maximum Gasteiger partial charge on any atom is 0.245 e. The van der Waals surface area contributed by atoms with Crippen LogP contribution in [-0.4, -0.2) is 34.5 Å². The highest BCUT2D eigenvalue weighted by Crippen LogP contribution is 2.23.